The quantitative estimate of drug-likeness (QED) is 0.316. The highest BCUT2D eigenvalue weighted by atomic mass is 19.1. The zero-order valence-electron chi connectivity index (χ0n) is 18.1. The van der Waals surface area contributed by atoms with Crippen molar-refractivity contribution in [3.05, 3.63) is 101 Å². The standard InChI is InChI=1S/C25H25F2N3O3/c1-2-32-23(25(31)30-14-16-8-10-18(11-9-16)24(28)29)22-20(26)12-19(13-21(22)27)33-15-17-6-4-3-5-7-17/h3-13,23H,2,14-15H2,1H3,(H3,28,29)(H,30,31)/t23-/m0/s1. The molecule has 0 aliphatic rings. The molecule has 1 atom stereocenters. The van der Waals surface area contributed by atoms with Crippen molar-refractivity contribution < 1.29 is 23.0 Å². The summed E-state index contributed by atoms with van der Waals surface area (Å²) in [4.78, 5) is 12.7. The van der Waals surface area contributed by atoms with Crippen LogP contribution in [0.3, 0.4) is 0 Å². The Bertz CT molecular complexity index is 1080. The summed E-state index contributed by atoms with van der Waals surface area (Å²) in [5.41, 5.74) is 7.08. The normalized spacial score (nSPS) is 11.6. The van der Waals surface area contributed by atoms with Crippen molar-refractivity contribution in [2.45, 2.75) is 26.2 Å². The second-order valence-electron chi connectivity index (χ2n) is 7.24. The van der Waals surface area contributed by atoms with Gasteiger partial charge in [0.25, 0.3) is 5.91 Å². The minimum Gasteiger partial charge on any atom is -0.489 e. The van der Waals surface area contributed by atoms with Gasteiger partial charge in [0.2, 0.25) is 0 Å². The van der Waals surface area contributed by atoms with Gasteiger partial charge in [0.1, 0.15) is 29.8 Å². The molecule has 0 fully saturated rings. The molecule has 0 aliphatic heterocycles. The van der Waals surface area contributed by atoms with Crippen LogP contribution >= 0.6 is 0 Å². The number of benzene rings is 3. The van der Waals surface area contributed by atoms with E-state index in [1.807, 2.05) is 30.3 Å². The zero-order valence-corrected chi connectivity index (χ0v) is 18.1. The van der Waals surface area contributed by atoms with Crippen molar-refractivity contribution in [3.63, 3.8) is 0 Å². The van der Waals surface area contributed by atoms with Gasteiger partial charge in [-0.25, -0.2) is 8.78 Å². The molecule has 8 heteroatoms. The third-order valence-corrected chi connectivity index (χ3v) is 4.87. The molecule has 0 heterocycles. The monoisotopic (exact) mass is 453 g/mol. The Morgan fingerprint density at radius 1 is 1.03 bits per heavy atom. The third kappa shape index (κ3) is 6.36. The molecule has 33 heavy (non-hydrogen) atoms. The van der Waals surface area contributed by atoms with Crippen LogP contribution in [0, 0.1) is 17.0 Å². The summed E-state index contributed by atoms with van der Waals surface area (Å²) in [5, 5.41) is 10.0. The van der Waals surface area contributed by atoms with E-state index in [1.54, 1.807) is 31.2 Å². The number of carbonyl (C=O) groups excluding carboxylic acids is 1. The van der Waals surface area contributed by atoms with Crippen molar-refractivity contribution in [2.24, 2.45) is 5.73 Å². The lowest BCUT2D eigenvalue weighted by atomic mass is 10.1. The molecule has 0 aliphatic carbocycles. The van der Waals surface area contributed by atoms with Crippen molar-refractivity contribution in [3.8, 4) is 5.75 Å². The number of nitrogens with two attached hydrogens (primary N) is 1. The number of amidine groups is 1. The molecule has 0 unspecified atom stereocenters. The largest absolute Gasteiger partial charge is 0.489 e. The number of hydrogen-bond acceptors (Lipinski definition) is 4. The maximum absolute atomic E-state index is 14.8. The van der Waals surface area contributed by atoms with Gasteiger partial charge in [-0.3, -0.25) is 10.2 Å². The minimum absolute atomic E-state index is 0.0128. The molecule has 0 aromatic heterocycles. The summed E-state index contributed by atoms with van der Waals surface area (Å²) in [7, 11) is 0. The Hall–Kier alpha value is -3.78. The van der Waals surface area contributed by atoms with E-state index in [4.69, 9.17) is 20.6 Å². The predicted molar refractivity (Wildman–Crippen MR) is 121 cm³/mol. The van der Waals surface area contributed by atoms with E-state index in [0.717, 1.165) is 23.3 Å². The summed E-state index contributed by atoms with van der Waals surface area (Å²) < 4.78 is 40.6. The first-order valence-corrected chi connectivity index (χ1v) is 10.4. The molecule has 4 N–H and O–H groups in total. The second-order valence-corrected chi connectivity index (χ2v) is 7.24. The lowest BCUT2D eigenvalue weighted by Gasteiger charge is -2.19. The first-order chi connectivity index (χ1) is 15.9. The van der Waals surface area contributed by atoms with Crippen molar-refractivity contribution in [1.29, 1.82) is 5.41 Å². The van der Waals surface area contributed by atoms with E-state index in [0.29, 0.717) is 5.56 Å². The Morgan fingerprint density at radius 2 is 1.67 bits per heavy atom. The lowest BCUT2D eigenvalue weighted by Crippen LogP contribution is -2.31. The van der Waals surface area contributed by atoms with Crippen LogP contribution in [0.1, 0.15) is 35.3 Å². The van der Waals surface area contributed by atoms with Gasteiger partial charge in [0, 0.05) is 30.8 Å². The molecule has 0 saturated carbocycles. The average Bonchev–Trinajstić information content (AvgIpc) is 2.81. The molecule has 172 valence electrons. The van der Waals surface area contributed by atoms with Crippen LogP contribution in [-0.2, 0) is 22.7 Å². The first kappa shape index (κ1) is 23.9. The summed E-state index contributed by atoms with van der Waals surface area (Å²) >= 11 is 0. The molecule has 0 radical (unpaired) electrons. The summed E-state index contributed by atoms with van der Waals surface area (Å²) in [5.74, 6) is -2.60. The van der Waals surface area contributed by atoms with Crippen molar-refractivity contribution >= 4 is 11.7 Å². The van der Waals surface area contributed by atoms with E-state index in [-0.39, 0.29) is 31.3 Å². The van der Waals surface area contributed by atoms with E-state index in [9.17, 15) is 13.6 Å². The van der Waals surface area contributed by atoms with Crippen LogP contribution in [0.5, 0.6) is 5.75 Å². The number of hydrogen-bond donors (Lipinski definition) is 3. The summed E-state index contributed by atoms with van der Waals surface area (Å²) in [6.07, 6.45) is -1.46. The second kappa shape index (κ2) is 11.2. The minimum atomic E-state index is -1.46. The van der Waals surface area contributed by atoms with Crippen molar-refractivity contribution in [1.82, 2.24) is 5.32 Å². The van der Waals surface area contributed by atoms with Gasteiger partial charge in [0.15, 0.2) is 6.10 Å². The molecule has 3 aromatic carbocycles. The lowest BCUT2D eigenvalue weighted by molar-refractivity contribution is -0.133. The van der Waals surface area contributed by atoms with Crippen molar-refractivity contribution in [2.75, 3.05) is 6.61 Å². The van der Waals surface area contributed by atoms with Crippen LogP contribution in [0.2, 0.25) is 0 Å². The van der Waals surface area contributed by atoms with Crippen LogP contribution in [0.4, 0.5) is 8.78 Å². The van der Waals surface area contributed by atoms with Crippen LogP contribution in [0.15, 0.2) is 66.7 Å². The number of nitrogen functional groups attached to an aromatic ring is 1. The van der Waals surface area contributed by atoms with Crippen LogP contribution in [-0.4, -0.2) is 18.3 Å². The fourth-order valence-electron chi connectivity index (χ4n) is 3.18. The smallest absolute Gasteiger partial charge is 0.254 e. The Morgan fingerprint density at radius 3 is 2.24 bits per heavy atom. The van der Waals surface area contributed by atoms with E-state index in [1.165, 1.54) is 0 Å². The van der Waals surface area contributed by atoms with E-state index >= 15 is 0 Å². The Labute approximate surface area is 190 Å². The number of carbonyl (C=O) groups is 1. The third-order valence-electron chi connectivity index (χ3n) is 4.87. The predicted octanol–water partition coefficient (Wildman–Crippen LogP) is 4.22. The molecule has 1 amide bonds. The first-order valence-electron chi connectivity index (χ1n) is 10.4. The molecular weight excluding hydrogens is 428 g/mol. The van der Waals surface area contributed by atoms with Crippen LogP contribution in [0.25, 0.3) is 0 Å². The molecule has 0 spiro atoms. The maximum atomic E-state index is 14.8. The number of ether oxygens (including phenoxy) is 2. The van der Waals surface area contributed by atoms with Gasteiger partial charge in [-0.1, -0.05) is 54.6 Å². The molecule has 0 bridgehead atoms. The summed E-state index contributed by atoms with van der Waals surface area (Å²) in [6.45, 7) is 1.98. The SMILES string of the molecule is CCO[C@H](C(=O)NCc1ccc(C(=N)N)cc1)c1c(F)cc(OCc2ccccc2)cc1F. The van der Waals surface area contributed by atoms with Crippen LogP contribution < -0.4 is 15.8 Å². The Kier molecular flexibility index (Phi) is 8.10. The van der Waals surface area contributed by atoms with Gasteiger partial charge < -0.3 is 20.5 Å². The molecular formula is C25H25F2N3O3. The maximum Gasteiger partial charge on any atom is 0.254 e. The van der Waals surface area contributed by atoms with E-state index in [2.05, 4.69) is 5.32 Å². The molecule has 3 rings (SSSR count). The molecule has 3 aromatic rings. The topological polar surface area (TPSA) is 97.4 Å². The number of amides is 1. The fraction of sp³-hybridized carbons (Fsp3) is 0.200. The van der Waals surface area contributed by atoms with E-state index < -0.39 is 29.2 Å². The number of rotatable bonds is 10. The van der Waals surface area contributed by atoms with Gasteiger partial charge in [-0.15, -0.1) is 0 Å². The highest BCUT2D eigenvalue weighted by Crippen LogP contribution is 2.29. The Balaban J connectivity index is 1.71. The molecule has 6 nitrogen and oxygen atoms in total. The van der Waals surface area contributed by atoms with Gasteiger partial charge in [-0.2, -0.15) is 0 Å². The zero-order chi connectivity index (χ0) is 23.8. The number of halogens is 2. The highest BCUT2D eigenvalue weighted by Gasteiger charge is 2.28. The van der Waals surface area contributed by atoms with Gasteiger partial charge in [0.05, 0.1) is 5.56 Å². The van der Waals surface area contributed by atoms with Gasteiger partial charge in [-0.05, 0) is 18.1 Å². The number of nitrogens with one attached hydrogen (secondary N) is 2. The summed E-state index contributed by atoms with van der Waals surface area (Å²) in [6, 6.07) is 18.0. The molecule has 0 saturated heterocycles. The van der Waals surface area contributed by atoms with Gasteiger partial charge >= 0.3 is 0 Å². The fourth-order valence-corrected chi connectivity index (χ4v) is 3.18. The highest BCUT2D eigenvalue weighted by molar-refractivity contribution is 5.94. The average molecular weight is 453 g/mol.